The normalized spacial score (nSPS) is 23.4. The first-order valence-corrected chi connectivity index (χ1v) is 9.05. The lowest BCUT2D eigenvalue weighted by atomic mass is 10.1. The molecule has 3 nitrogen and oxygen atoms in total. The molecule has 2 aliphatic heterocycles. The van der Waals surface area contributed by atoms with E-state index < -0.39 is 6.43 Å². The topological polar surface area (TPSA) is 23.6 Å². The molecule has 1 fully saturated rings. The van der Waals surface area contributed by atoms with Crippen LogP contribution in [0.5, 0.6) is 0 Å². The first-order valence-electron chi connectivity index (χ1n) is 7.12. The van der Waals surface area contributed by atoms with Gasteiger partial charge in [-0.25, -0.2) is 8.78 Å². The Balaban J connectivity index is 1.61. The Hall–Kier alpha value is -0.660. The van der Waals surface area contributed by atoms with Gasteiger partial charge in [0.05, 0.1) is 6.54 Å². The third-order valence-electron chi connectivity index (χ3n) is 3.98. The number of hydrogen-bond donors (Lipinski definition) is 0. The summed E-state index contributed by atoms with van der Waals surface area (Å²) in [6.07, 6.45) is -1.25. The van der Waals surface area contributed by atoms with Gasteiger partial charge in [0, 0.05) is 31.1 Å². The van der Waals surface area contributed by atoms with Crippen molar-refractivity contribution >= 4 is 29.0 Å². The van der Waals surface area contributed by atoms with E-state index in [1.807, 2.05) is 4.90 Å². The third-order valence-corrected chi connectivity index (χ3v) is 6.21. The molecule has 1 saturated heterocycles. The summed E-state index contributed by atoms with van der Waals surface area (Å²) in [4.78, 5) is 17.6. The van der Waals surface area contributed by atoms with Crippen LogP contribution in [0.2, 0.25) is 0 Å². The average molecular weight is 332 g/mol. The van der Waals surface area contributed by atoms with Crippen LogP contribution in [-0.2, 0) is 11.2 Å². The lowest BCUT2D eigenvalue weighted by Crippen LogP contribution is -2.50. The monoisotopic (exact) mass is 332 g/mol. The van der Waals surface area contributed by atoms with Crippen molar-refractivity contribution in [3.63, 3.8) is 0 Å². The second kappa shape index (κ2) is 6.62. The third kappa shape index (κ3) is 3.40. The van der Waals surface area contributed by atoms with Crippen molar-refractivity contribution in [2.45, 2.75) is 18.1 Å². The summed E-state index contributed by atoms with van der Waals surface area (Å²) in [5.74, 6) is 1.13. The number of thioether (sulfide) groups is 1. The van der Waals surface area contributed by atoms with Gasteiger partial charge < -0.3 is 4.90 Å². The lowest BCUT2D eigenvalue weighted by molar-refractivity contribution is -0.132. The van der Waals surface area contributed by atoms with E-state index in [-0.39, 0.29) is 17.7 Å². The van der Waals surface area contributed by atoms with Gasteiger partial charge in [-0.2, -0.15) is 0 Å². The van der Waals surface area contributed by atoms with Crippen LogP contribution in [0.3, 0.4) is 0 Å². The maximum Gasteiger partial charge on any atom is 0.251 e. The van der Waals surface area contributed by atoms with E-state index in [9.17, 15) is 13.6 Å². The van der Waals surface area contributed by atoms with E-state index in [0.29, 0.717) is 26.2 Å². The van der Waals surface area contributed by atoms with Crippen LogP contribution in [0.25, 0.3) is 0 Å². The van der Waals surface area contributed by atoms with Gasteiger partial charge in [-0.15, -0.1) is 23.1 Å². The summed E-state index contributed by atoms with van der Waals surface area (Å²) >= 11 is 3.43. The number of aryl methyl sites for hydroxylation is 1. The van der Waals surface area contributed by atoms with Gasteiger partial charge in [0.1, 0.15) is 5.25 Å². The Morgan fingerprint density at radius 1 is 1.33 bits per heavy atom. The van der Waals surface area contributed by atoms with Gasteiger partial charge in [0.25, 0.3) is 6.43 Å². The highest BCUT2D eigenvalue weighted by atomic mass is 32.2. The number of alkyl halides is 2. The molecule has 0 aliphatic carbocycles. The molecule has 1 aromatic rings. The van der Waals surface area contributed by atoms with Crippen LogP contribution in [0.1, 0.15) is 15.7 Å². The number of amides is 1. The largest absolute Gasteiger partial charge is 0.339 e. The Morgan fingerprint density at radius 2 is 2.10 bits per heavy atom. The van der Waals surface area contributed by atoms with Gasteiger partial charge in [0.2, 0.25) is 5.91 Å². The Labute approximate surface area is 131 Å². The second-order valence-corrected chi connectivity index (χ2v) is 7.53. The lowest BCUT2D eigenvalue weighted by Gasteiger charge is -2.36. The van der Waals surface area contributed by atoms with Crippen molar-refractivity contribution < 1.29 is 13.6 Å². The Morgan fingerprint density at radius 3 is 2.81 bits per heavy atom. The summed E-state index contributed by atoms with van der Waals surface area (Å²) in [7, 11) is 0. The Bertz CT molecular complexity index is 501. The van der Waals surface area contributed by atoms with E-state index in [1.54, 1.807) is 28.0 Å². The number of rotatable bonds is 3. The predicted octanol–water partition coefficient (Wildman–Crippen LogP) is 2.49. The maximum absolute atomic E-state index is 12.7. The summed E-state index contributed by atoms with van der Waals surface area (Å²) in [6.45, 7) is 2.02. The van der Waals surface area contributed by atoms with Gasteiger partial charge in [0.15, 0.2) is 0 Å². The predicted molar refractivity (Wildman–Crippen MR) is 82.2 cm³/mol. The molecule has 0 saturated carbocycles. The molecule has 21 heavy (non-hydrogen) atoms. The zero-order valence-electron chi connectivity index (χ0n) is 11.6. The molecule has 0 bridgehead atoms. The van der Waals surface area contributed by atoms with Gasteiger partial charge in [-0.3, -0.25) is 9.69 Å². The molecule has 7 heteroatoms. The molecule has 1 amide bonds. The Kier molecular flexibility index (Phi) is 4.81. The molecule has 0 spiro atoms. The van der Waals surface area contributed by atoms with Crippen LogP contribution in [0.4, 0.5) is 8.78 Å². The van der Waals surface area contributed by atoms with Crippen molar-refractivity contribution in [3.05, 3.63) is 21.9 Å². The summed E-state index contributed by atoms with van der Waals surface area (Å²) in [6, 6.07) is 2.06. The fourth-order valence-electron chi connectivity index (χ4n) is 2.86. The summed E-state index contributed by atoms with van der Waals surface area (Å²) in [5.41, 5.74) is 1.16. The van der Waals surface area contributed by atoms with Crippen molar-refractivity contribution in [2.75, 3.05) is 38.5 Å². The van der Waals surface area contributed by atoms with Crippen LogP contribution in [-0.4, -0.2) is 60.6 Å². The van der Waals surface area contributed by atoms with E-state index in [4.69, 9.17) is 0 Å². The van der Waals surface area contributed by atoms with Crippen molar-refractivity contribution in [1.29, 1.82) is 0 Å². The van der Waals surface area contributed by atoms with Crippen molar-refractivity contribution in [2.24, 2.45) is 0 Å². The maximum atomic E-state index is 12.7. The zero-order valence-corrected chi connectivity index (χ0v) is 13.3. The molecular formula is C14H18F2N2OS2. The van der Waals surface area contributed by atoms with Gasteiger partial charge >= 0.3 is 0 Å². The number of piperazine rings is 1. The van der Waals surface area contributed by atoms with Crippen LogP contribution in [0, 0.1) is 0 Å². The standard InChI is InChI=1S/C14H18F2N2OS2/c15-12(16)9-17-3-5-18(6-4-17)14(19)13-10-1-7-20-11(10)2-8-21-13/h1,7,12-13H,2-6,8-9H2. The SMILES string of the molecule is O=C(C1SCCc2sccc21)N1CCN(CC(F)F)CC1. The number of carbonyl (C=O) groups is 1. The average Bonchev–Trinajstić information content (AvgIpc) is 2.95. The van der Waals surface area contributed by atoms with Crippen molar-refractivity contribution in [3.8, 4) is 0 Å². The highest BCUT2D eigenvalue weighted by molar-refractivity contribution is 8.00. The number of hydrogen-bond acceptors (Lipinski definition) is 4. The van der Waals surface area contributed by atoms with Crippen LogP contribution in [0.15, 0.2) is 11.4 Å². The number of nitrogens with zero attached hydrogens (tertiary/aromatic N) is 2. The van der Waals surface area contributed by atoms with E-state index in [0.717, 1.165) is 17.7 Å². The van der Waals surface area contributed by atoms with E-state index in [2.05, 4.69) is 11.4 Å². The van der Waals surface area contributed by atoms with E-state index in [1.165, 1.54) is 4.88 Å². The number of fused-ring (bicyclic) bond motifs is 1. The molecule has 3 rings (SSSR count). The first kappa shape index (κ1) is 15.2. The molecule has 1 aromatic heterocycles. The molecule has 116 valence electrons. The molecule has 0 N–H and O–H groups in total. The second-order valence-electron chi connectivity index (χ2n) is 5.32. The molecule has 2 aliphatic rings. The molecule has 0 radical (unpaired) electrons. The molecular weight excluding hydrogens is 314 g/mol. The molecule has 1 unspecified atom stereocenters. The fraction of sp³-hybridized carbons (Fsp3) is 0.643. The van der Waals surface area contributed by atoms with Crippen molar-refractivity contribution in [1.82, 2.24) is 9.80 Å². The smallest absolute Gasteiger partial charge is 0.251 e. The summed E-state index contributed by atoms with van der Waals surface area (Å²) < 4.78 is 24.7. The highest BCUT2D eigenvalue weighted by Crippen LogP contribution is 2.40. The molecule has 1 atom stereocenters. The zero-order chi connectivity index (χ0) is 14.8. The first-order chi connectivity index (χ1) is 10.1. The van der Waals surface area contributed by atoms with Crippen LogP contribution >= 0.6 is 23.1 Å². The number of halogens is 2. The number of thiophene rings is 1. The molecule has 3 heterocycles. The quantitative estimate of drug-likeness (QED) is 0.850. The number of carbonyl (C=O) groups excluding carboxylic acids is 1. The molecule has 0 aromatic carbocycles. The van der Waals surface area contributed by atoms with E-state index >= 15 is 0 Å². The highest BCUT2D eigenvalue weighted by Gasteiger charge is 2.33. The minimum absolute atomic E-state index is 0.0957. The van der Waals surface area contributed by atoms with Gasteiger partial charge in [-0.1, -0.05) is 0 Å². The van der Waals surface area contributed by atoms with Crippen LogP contribution < -0.4 is 0 Å². The minimum atomic E-state index is -2.30. The fourth-order valence-corrected chi connectivity index (χ4v) is 5.24. The summed E-state index contributed by atoms with van der Waals surface area (Å²) in [5, 5.41) is 1.96. The minimum Gasteiger partial charge on any atom is -0.339 e. The van der Waals surface area contributed by atoms with Gasteiger partial charge in [-0.05, 0) is 29.2 Å².